The molecule has 0 saturated heterocycles. The summed E-state index contributed by atoms with van der Waals surface area (Å²) in [7, 11) is 1.65. The molecule has 0 atom stereocenters. The average Bonchev–Trinajstić information content (AvgIpc) is 2.30. The Morgan fingerprint density at radius 1 is 1.24 bits per heavy atom. The van der Waals surface area contributed by atoms with Crippen LogP contribution in [0, 0.1) is 0 Å². The van der Waals surface area contributed by atoms with Gasteiger partial charge in [-0.3, -0.25) is 4.79 Å². The molecule has 0 aromatic heterocycles. The Morgan fingerprint density at radius 3 is 2.47 bits per heavy atom. The molecule has 0 radical (unpaired) electrons. The molecule has 1 rings (SSSR count). The van der Waals surface area contributed by atoms with Crippen molar-refractivity contribution in [1.82, 2.24) is 15.5 Å². The molecule has 0 aromatic rings. The van der Waals surface area contributed by atoms with Gasteiger partial charge in [-0.15, -0.1) is 0 Å². The molecule has 98 valence electrons. The maximum Gasteiger partial charge on any atom is 0.317 e. The van der Waals surface area contributed by atoms with E-state index in [0.717, 1.165) is 12.8 Å². The molecule has 3 amide bonds. The molecular formula is C12H23N3O2. The van der Waals surface area contributed by atoms with E-state index in [2.05, 4.69) is 10.6 Å². The third kappa shape index (κ3) is 5.06. The Morgan fingerprint density at radius 2 is 1.88 bits per heavy atom. The van der Waals surface area contributed by atoms with Crippen LogP contribution in [0.15, 0.2) is 0 Å². The lowest BCUT2D eigenvalue weighted by atomic mass is 9.96. The molecule has 0 aliphatic heterocycles. The molecule has 1 fully saturated rings. The molecule has 17 heavy (non-hydrogen) atoms. The minimum atomic E-state index is -0.150. The summed E-state index contributed by atoms with van der Waals surface area (Å²) in [6, 6.07) is 0.135. The van der Waals surface area contributed by atoms with Gasteiger partial charge in [-0.2, -0.15) is 0 Å². The van der Waals surface area contributed by atoms with E-state index in [0.29, 0.717) is 6.54 Å². The van der Waals surface area contributed by atoms with Crippen molar-refractivity contribution in [3.05, 3.63) is 0 Å². The van der Waals surface area contributed by atoms with Crippen molar-refractivity contribution >= 4 is 11.9 Å². The SMILES string of the molecule is CCNC(=O)CN(C)C(=O)NC1CCCCC1. The first-order valence-corrected chi connectivity index (χ1v) is 6.41. The maximum absolute atomic E-state index is 11.8. The van der Waals surface area contributed by atoms with Crippen molar-refractivity contribution < 1.29 is 9.59 Å². The second-order valence-electron chi connectivity index (χ2n) is 4.59. The van der Waals surface area contributed by atoms with Crippen LogP contribution in [0.5, 0.6) is 0 Å². The van der Waals surface area contributed by atoms with Gasteiger partial charge in [0.2, 0.25) is 5.91 Å². The molecule has 1 aliphatic rings. The lowest BCUT2D eigenvalue weighted by Crippen LogP contribution is -2.47. The van der Waals surface area contributed by atoms with Gasteiger partial charge < -0.3 is 15.5 Å². The van der Waals surface area contributed by atoms with Crippen LogP contribution < -0.4 is 10.6 Å². The minimum Gasteiger partial charge on any atom is -0.355 e. The topological polar surface area (TPSA) is 61.4 Å². The molecule has 0 heterocycles. The number of carbonyl (C=O) groups excluding carboxylic acids is 2. The molecule has 1 aliphatic carbocycles. The summed E-state index contributed by atoms with van der Waals surface area (Å²) in [6.45, 7) is 2.57. The summed E-state index contributed by atoms with van der Waals surface area (Å²) < 4.78 is 0. The second-order valence-corrected chi connectivity index (χ2v) is 4.59. The van der Waals surface area contributed by atoms with Crippen LogP contribution in [0.25, 0.3) is 0 Å². The number of amides is 3. The van der Waals surface area contributed by atoms with Crippen LogP contribution in [0.2, 0.25) is 0 Å². The lowest BCUT2D eigenvalue weighted by molar-refractivity contribution is -0.121. The highest BCUT2D eigenvalue weighted by molar-refractivity contribution is 5.83. The molecular weight excluding hydrogens is 218 g/mol. The normalized spacial score (nSPS) is 16.4. The quantitative estimate of drug-likeness (QED) is 0.774. The fraction of sp³-hybridized carbons (Fsp3) is 0.833. The highest BCUT2D eigenvalue weighted by atomic mass is 16.2. The van der Waals surface area contributed by atoms with Crippen molar-refractivity contribution in [2.75, 3.05) is 20.1 Å². The van der Waals surface area contributed by atoms with Gasteiger partial charge in [0.25, 0.3) is 0 Å². The number of rotatable bonds is 4. The van der Waals surface area contributed by atoms with E-state index in [-0.39, 0.29) is 24.5 Å². The Hall–Kier alpha value is -1.26. The van der Waals surface area contributed by atoms with E-state index < -0.39 is 0 Å². The predicted molar refractivity (Wildman–Crippen MR) is 66.7 cm³/mol. The predicted octanol–water partition coefficient (Wildman–Crippen LogP) is 1.10. The Bertz CT molecular complexity index is 262. The van der Waals surface area contributed by atoms with Gasteiger partial charge in [0, 0.05) is 19.6 Å². The summed E-state index contributed by atoms with van der Waals surface area (Å²) in [5.41, 5.74) is 0. The van der Waals surface area contributed by atoms with E-state index in [4.69, 9.17) is 0 Å². The van der Waals surface area contributed by atoms with Gasteiger partial charge in [0.05, 0.1) is 0 Å². The third-order valence-corrected chi connectivity index (χ3v) is 3.03. The van der Waals surface area contributed by atoms with Gasteiger partial charge in [0.1, 0.15) is 6.54 Å². The standard InChI is InChI=1S/C12H23N3O2/c1-3-13-11(16)9-15(2)12(17)14-10-7-5-4-6-8-10/h10H,3-9H2,1-2H3,(H,13,16)(H,14,17). The number of carbonyl (C=O) groups is 2. The van der Waals surface area contributed by atoms with Crippen LogP contribution in [0.1, 0.15) is 39.0 Å². The zero-order valence-electron chi connectivity index (χ0n) is 10.8. The molecule has 5 nitrogen and oxygen atoms in total. The highest BCUT2D eigenvalue weighted by Crippen LogP contribution is 2.17. The van der Waals surface area contributed by atoms with Crippen molar-refractivity contribution in [3.63, 3.8) is 0 Å². The van der Waals surface area contributed by atoms with E-state index >= 15 is 0 Å². The van der Waals surface area contributed by atoms with Crippen molar-refractivity contribution in [2.24, 2.45) is 0 Å². The summed E-state index contributed by atoms with van der Waals surface area (Å²) in [4.78, 5) is 24.5. The monoisotopic (exact) mass is 241 g/mol. The fourth-order valence-electron chi connectivity index (χ4n) is 2.07. The number of nitrogens with zero attached hydrogens (tertiary/aromatic N) is 1. The average molecular weight is 241 g/mol. The van der Waals surface area contributed by atoms with Crippen molar-refractivity contribution in [3.8, 4) is 0 Å². The highest BCUT2D eigenvalue weighted by Gasteiger charge is 2.18. The molecule has 1 saturated carbocycles. The van der Waals surface area contributed by atoms with Crippen molar-refractivity contribution in [1.29, 1.82) is 0 Å². The summed E-state index contributed by atoms with van der Waals surface area (Å²) in [5.74, 6) is -0.117. The maximum atomic E-state index is 11.8. The molecule has 0 aromatic carbocycles. The number of nitrogens with one attached hydrogen (secondary N) is 2. The van der Waals surface area contributed by atoms with E-state index in [9.17, 15) is 9.59 Å². The molecule has 0 bridgehead atoms. The second kappa shape index (κ2) is 7.14. The summed E-state index contributed by atoms with van der Waals surface area (Å²) in [6.07, 6.45) is 5.75. The third-order valence-electron chi connectivity index (χ3n) is 3.03. The zero-order chi connectivity index (χ0) is 12.7. The minimum absolute atomic E-state index is 0.117. The van der Waals surface area contributed by atoms with E-state index in [1.165, 1.54) is 24.2 Å². The molecule has 0 spiro atoms. The Labute approximate surface area is 103 Å². The zero-order valence-corrected chi connectivity index (χ0v) is 10.8. The summed E-state index contributed by atoms with van der Waals surface area (Å²) in [5, 5.41) is 5.65. The summed E-state index contributed by atoms with van der Waals surface area (Å²) >= 11 is 0. The van der Waals surface area contributed by atoms with Crippen LogP contribution in [0.3, 0.4) is 0 Å². The fourth-order valence-corrected chi connectivity index (χ4v) is 2.07. The van der Waals surface area contributed by atoms with Crippen LogP contribution in [0.4, 0.5) is 4.79 Å². The van der Waals surface area contributed by atoms with Gasteiger partial charge in [0.15, 0.2) is 0 Å². The van der Waals surface area contributed by atoms with E-state index in [1.54, 1.807) is 7.05 Å². The van der Waals surface area contributed by atoms with Gasteiger partial charge in [-0.1, -0.05) is 19.3 Å². The van der Waals surface area contributed by atoms with Gasteiger partial charge in [-0.05, 0) is 19.8 Å². The first-order chi connectivity index (χ1) is 8.13. The van der Waals surface area contributed by atoms with Gasteiger partial charge >= 0.3 is 6.03 Å². The number of likely N-dealkylation sites (N-methyl/N-ethyl adjacent to an activating group) is 2. The van der Waals surface area contributed by atoms with Crippen LogP contribution >= 0.6 is 0 Å². The van der Waals surface area contributed by atoms with Crippen LogP contribution in [-0.4, -0.2) is 43.0 Å². The number of hydrogen-bond donors (Lipinski definition) is 2. The molecule has 5 heteroatoms. The molecule has 0 unspecified atom stereocenters. The first kappa shape index (κ1) is 13.8. The lowest BCUT2D eigenvalue weighted by Gasteiger charge is -2.25. The largest absolute Gasteiger partial charge is 0.355 e. The molecule has 2 N–H and O–H groups in total. The Kier molecular flexibility index (Phi) is 5.80. The van der Waals surface area contributed by atoms with Crippen LogP contribution in [-0.2, 0) is 4.79 Å². The van der Waals surface area contributed by atoms with Crippen molar-refractivity contribution in [2.45, 2.75) is 45.1 Å². The first-order valence-electron chi connectivity index (χ1n) is 6.41. The number of urea groups is 1. The van der Waals surface area contributed by atoms with Gasteiger partial charge in [-0.25, -0.2) is 4.79 Å². The smallest absolute Gasteiger partial charge is 0.317 e. The van der Waals surface area contributed by atoms with E-state index in [1.807, 2.05) is 6.92 Å². The number of hydrogen-bond acceptors (Lipinski definition) is 2. The Balaban J connectivity index is 2.28.